The third kappa shape index (κ3) is 3.45. The predicted molar refractivity (Wildman–Crippen MR) is 81.6 cm³/mol. The number of sulfone groups is 1. The lowest BCUT2D eigenvalue weighted by Gasteiger charge is -2.01. The molecular formula is C14H18N2O2S2. The number of rotatable bonds is 6. The van der Waals surface area contributed by atoms with E-state index in [1.165, 1.54) is 11.3 Å². The van der Waals surface area contributed by atoms with Crippen LogP contribution in [0.4, 0.5) is 0 Å². The lowest BCUT2D eigenvalue weighted by molar-refractivity contribution is 0.595. The highest BCUT2D eigenvalue weighted by molar-refractivity contribution is 7.90. The second-order valence-corrected chi connectivity index (χ2v) is 7.59. The molecule has 6 heteroatoms. The van der Waals surface area contributed by atoms with Gasteiger partial charge in [-0.25, -0.2) is 13.4 Å². The summed E-state index contributed by atoms with van der Waals surface area (Å²) in [6, 6.07) is 8.52. The average Bonchev–Trinajstić information content (AvgIpc) is 2.81. The zero-order valence-corrected chi connectivity index (χ0v) is 13.2. The molecule has 0 radical (unpaired) electrons. The summed E-state index contributed by atoms with van der Waals surface area (Å²) < 4.78 is 24.6. The number of aryl methyl sites for hydroxylation is 1. The Morgan fingerprint density at radius 1 is 1.25 bits per heavy atom. The lowest BCUT2D eigenvalue weighted by atomic mass is 10.3. The second kappa shape index (κ2) is 6.47. The maximum absolute atomic E-state index is 12.3. The summed E-state index contributed by atoms with van der Waals surface area (Å²) >= 11 is 1.48. The average molecular weight is 310 g/mol. The van der Waals surface area contributed by atoms with E-state index in [2.05, 4.69) is 10.3 Å². The van der Waals surface area contributed by atoms with Crippen molar-refractivity contribution in [3.8, 4) is 0 Å². The first-order valence-corrected chi connectivity index (χ1v) is 8.93. The summed E-state index contributed by atoms with van der Waals surface area (Å²) in [4.78, 5) is 5.93. The topological polar surface area (TPSA) is 59.1 Å². The van der Waals surface area contributed by atoms with Crippen molar-refractivity contribution in [2.45, 2.75) is 30.5 Å². The highest BCUT2D eigenvalue weighted by Crippen LogP contribution is 2.23. The summed E-state index contributed by atoms with van der Waals surface area (Å²) in [6.45, 7) is 2.76. The van der Waals surface area contributed by atoms with Crippen molar-refractivity contribution in [2.75, 3.05) is 7.05 Å². The van der Waals surface area contributed by atoms with Crippen LogP contribution >= 0.6 is 11.3 Å². The normalized spacial score (nSPS) is 11.7. The van der Waals surface area contributed by atoms with Crippen LogP contribution in [0.3, 0.4) is 0 Å². The first kappa shape index (κ1) is 15.2. The van der Waals surface area contributed by atoms with Crippen molar-refractivity contribution in [2.24, 2.45) is 0 Å². The summed E-state index contributed by atoms with van der Waals surface area (Å²) in [5, 5.41) is 3.75. The van der Waals surface area contributed by atoms with E-state index in [0.29, 0.717) is 9.90 Å². The van der Waals surface area contributed by atoms with Crippen LogP contribution in [0, 0.1) is 0 Å². The van der Waals surface area contributed by atoms with Gasteiger partial charge in [-0.05, 0) is 25.6 Å². The molecule has 2 rings (SSSR count). The fourth-order valence-electron chi connectivity index (χ4n) is 1.95. The third-order valence-electron chi connectivity index (χ3n) is 2.91. The molecule has 108 valence electrons. The summed E-state index contributed by atoms with van der Waals surface area (Å²) in [5.41, 5.74) is 0.989. The Bertz CT molecular complexity index is 664. The molecule has 1 aromatic heterocycles. The van der Waals surface area contributed by atoms with Crippen LogP contribution in [-0.2, 0) is 28.6 Å². The van der Waals surface area contributed by atoms with Crippen molar-refractivity contribution in [1.82, 2.24) is 10.3 Å². The molecular weight excluding hydrogens is 292 g/mol. The van der Waals surface area contributed by atoms with Gasteiger partial charge in [0.05, 0.1) is 10.6 Å². The molecule has 0 aliphatic carbocycles. The van der Waals surface area contributed by atoms with Gasteiger partial charge in [-0.3, -0.25) is 0 Å². The van der Waals surface area contributed by atoms with E-state index < -0.39 is 9.84 Å². The fourth-order valence-corrected chi connectivity index (χ4v) is 4.74. The molecule has 0 saturated carbocycles. The number of hydrogen-bond donors (Lipinski definition) is 1. The van der Waals surface area contributed by atoms with Gasteiger partial charge in [0, 0.05) is 11.4 Å². The predicted octanol–water partition coefficient (Wildman–Crippen LogP) is 2.40. The number of benzene rings is 1. The Labute approximate surface area is 123 Å². The Morgan fingerprint density at radius 3 is 2.55 bits per heavy atom. The molecule has 0 fully saturated rings. The molecule has 20 heavy (non-hydrogen) atoms. The van der Waals surface area contributed by atoms with Crippen LogP contribution in [0.1, 0.15) is 22.5 Å². The van der Waals surface area contributed by atoms with E-state index in [1.807, 2.05) is 20.0 Å². The number of nitrogens with zero attached hydrogens (tertiary/aromatic N) is 1. The van der Waals surface area contributed by atoms with Gasteiger partial charge < -0.3 is 5.32 Å². The zero-order chi connectivity index (χ0) is 14.6. The Balaban J connectivity index is 2.26. The Hall–Kier alpha value is -1.24. The highest BCUT2D eigenvalue weighted by Gasteiger charge is 2.19. The molecule has 0 saturated heterocycles. The minimum absolute atomic E-state index is 0.0294. The first-order valence-electron chi connectivity index (χ1n) is 6.46. The fraction of sp³-hybridized carbons (Fsp3) is 0.357. The van der Waals surface area contributed by atoms with Gasteiger partial charge in [-0.2, -0.15) is 0 Å². The summed E-state index contributed by atoms with van der Waals surface area (Å²) in [6.07, 6.45) is 0.818. The zero-order valence-electron chi connectivity index (χ0n) is 11.6. The molecule has 0 bridgehead atoms. The van der Waals surface area contributed by atoms with Gasteiger partial charge >= 0.3 is 0 Å². The van der Waals surface area contributed by atoms with Crippen LogP contribution in [0.25, 0.3) is 0 Å². The molecule has 4 nitrogen and oxygen atoms in total. The van der Waals surface area contributed by atoms with E-state index in [-0.39, 0.29) is 5.75 Å². The molecule has 0 amide bonds. The van der Waals surface area contributed by atoms with Gasteiger partial charge in [0.2, 0.25) is 0 Å². The standard InChI is InChI=1S/C14H18N2O2S2/c1-3-12-13(9-15-2)19-14(16-12)10-20(17,18)11-7-5-4-6-8-11/h4-8,15H,3,9-10H2,1-2H3. The molecule has 0 atom stereocenters. The van der Waals surface area contributed by atoms with Crippen molar-refractivity contribution >= 4 is 21.2 Å². The van der Waals surface area contributed by atoms with Gasteiger partial charge in [-0.15, -0.1) is 11.3 Å². The molecule has 0 spiro atoms. The van der Waals surface area contributed by atoms with Crippen molar-refractivity contribution in [1.29, 1.82) is 0 Å². The van der Waals surface area contributed by atoms with Crippen molar-refractivity contribution < 1.29 is 8.42 Å². The smallest absolute Gasteiger partial charge is 0.184 e. The van der Waals surface area contributed by atoms with Crippen LogP contribution in [0.2, 0.25) is 0 Å². The molecule has 1 aromatic carbocycles. The quantitative estimate of drug-likeness (QED) is 0.890. The number of thiazole rings is 1. The van der Waals surface area contributed by atoms with Crippen LogP contribution in [0.15, 0.2) is 35.2 Å². The summed E-state index contributed by atoms with van der Waals surface area (Å²) in [7, 11) is -1.44. The monoisotopic (exact) mass is 310 g/mol. The van der Waals surface area contributed by atoms with Crippen LogP contribution in [-0.4, -0.2) is 20.4 Å². The number of hydrogen-bond acceptors (Lipinski definition) is 5. The van der Waals surface area contributed by atoms with Crippen LogP contribution in [0.5, 0.6) is 0 Å². The maximum atomic E-state index is 12.3. The minimum Gasteiger partial charge on any atom is -0.315 e. The molecule has 0 unspecified atom stereocenters. The largest absolute Gasteiger partial charge is 0.315 e. The third-order valence-corrected chi connectivity index (χ3v) is 5.83. The van der Waals surface area contributed by atoms with E-state index >= 15 is 0 Å². The van der Waals surface area contributed by atoms with E-state index in [1.54, 1.807) is 24.3 Å². The number of aromatic nitrogens is 1. The highest BCUT2D eigenvalue weighted by atomic mass is 32.2. The minimum atomic E-state index is -3.31. The summed E-state index contributed by atoms with van der Waals surface area (Å²) in [5.74, 6) is -0.0294. The van der Waals surface area contributed by atoms with Gasteiger partial charge in [0.25, 0.3) is 0 Å². The maximum Gasteiger partial charge on any atom is 0.184 e. The molecule has 0 aliphatic rings. The van der Waals surface area contributed by atoms with Gasteiger partial charge in [0.15, 0.2) is 9.84 Å². The number of nitrogens with one attached hydrogen (secondary N) is 1. The molecule has 0 aliphatic heterocycles. The van der Waals surface area contributed by atoms with Crippen molar-refractivity contribution in [3.05, 3.63) is 45.9 Å². The molecule has 1 heterocycles. The van der Waals surface area contributed by atoms with E-state index in [4.69, 9.17) is 0 Å². The van der Waals surface area contributed by atoms with E-state index in [9.17, 15) is 8.42 Å². The van der Waals surface area contributed by atoms with Gasteiger partial charge in [-0.1, -0.05) is 25.1 Å². The van der Waals surface area contributed by atoms with E-state index in [0.717, 1.165) is 23.5 Å². The molecule has 2 aromatic rings. The molecule has 1 N–H and O–H groups in total. The second-order valence-electron chi connectivity index (χ2n) is 4.43. The van der Waals surface area contributed by atoms with Crippen LogP contribution < -0.4 is 5.32 Å². The first-order chi connectivity index (χ1) is 9.56. The van der Waals surface area contributed by atoms with Crippen molar-refractivity contribution in [3.63, 3.8) is 0 Å². The Kier molecular flexibility index (Phi) is 4.91. The lowest BCUT2D eigenvalue weighted by Crippen LogP contribution is -2.05. The van der Waals surface area contributed by atoms with Gasteiger partial charge in [0.1, 0.15) is 10.8 Å². The Morgan fingerprint density at radius 2 is 1.95 bits per heavy atom. The SMILES string of the molecule is CCc1nc(CS(=O)(=O)c2ccccc2)sc1CNC.